The molecule has 1 aromatic rings. The Morgan fingerprint density at radius 3 is 2.58 bits per heavy atom. The summed E-state index contributed by atoms with van der Waals surface area (Å²) in [7, 11) is -1.48. The average Bonchev–Trinajstić information content (AvgIpc) is 2.58. The van der Waals surface area contributed by atoms with Gasteiger partial charge in [0.25, 0.3) is 0 Å². The van der Waals surface area contributed by atoms with E-state index in [0.717, 1.165) is 23.4 Å². The minimum Gasteiger partial charge on any atom is -0.496 e. The molecule has 0 saturated heterocycles. The average molecular weight is 385 g/mol. The Morgan fingerprint density at radius 1 is 1.27 bits per heavy atom. The highest BCUT2D eigenvalue weighted by Crippen LogP contribution is 2.20. The van der Waals surface area contributed by atoms with Crippen molar-refractivity contribution in [3.63, 3.8) is 0 Å². The number of sulfonamides is 1. The van der Waals surface area contributed by atoms with Gasteiger partial charge in [-0.25, -0.2) is 17.7 Å². The molecule has 0 radical (unpaired) electrons. The van der Waals surface area contributed by atoms with Gasteiger partial charge >= 0.3 is 0 Å². The molecule has 0 aromatic heterocycles. The van der Waals surface area contributed by atoms with E-state index in [2.05, 4.69) is 15.6 Å². The molecular formula is C18H32N4O3S. The van der Waals surface area contributed by atoms with Crippen LogP contribution in [0.15, 0.2) is 23.2 Å². The Hall–Kier alpha value is -1.80. The summed E-state index contributed by atoms with van der Waals surface area (Å²) in [6.07, 6.45) is 1.95. The van der Waals surface area contributed by atoms with Gasteiger partial charge in [0.2, 0.25) is 10.0 Å². The maximum atomic E-state index is 11.6. The molecule has 0 fully saturated rings. The van der Waals surface area contributed by atoms with Crippen LogP contribution in [0.5, 0.6) is 5.75 Å². The number of aryl methyl sites for hydroxylation is 1. The number of hydrogen-bond donors (Lipinski definition) is 2. The van der Waals surface area contributed by atoms with Crippen LogP contribution in [-0.2, 0) is 16.6 Å². The molecule has 0 unspecified atom stereocenters. The third-order valence-corrected chi connectivity index (χ3v) is 5.27. The van der Waals surface area contributed by atoms with Gasteiger partial charge in [-0.05, 0) is 31.9 Å². The van der Waals surface area contributed by atoms with Crippen molar-refractivity contribution in [1.82, 2.24) is 14.9 Å². The lowest BCUT2D eigenvalue weighted by atomic mass is 10.1. The van der Waals surface area contributed by atoms with Crippen molar-refractivity contribution >= 4 is 16.0 Å². The zero-order valence-corrected chi connectivity index (χ0v) is 17.3. The Morgan fingerprint density at radius 2 is 2.00 bits per heavy atom. The summed E-state index contributed by atoms with van der Waals surface area (Å²) in [5.41, 5.74) is 2.16. The highest BCUT2D eigenvalue weighted by Gasteiger charge is 2.13. The summed E-state index contributed by atoms with van der Waals surface area (Å²) >= 11 is 0. The minimum atomic E-state index is -3.14. The first-order valence-corrected chi connectivity index (χ1v) is 10.8. The Labute approximate surface area is 157 Å². The zero-order valence-electron chi connectivity index (χ0n) is 16.5. The van der Waals surface area contributed by atoms with Crippen molar-refractivity contribution in [2.45, 2.75) is 33.7 Å². The number of methoxy groups -OCH3 is 1. The number of ether oxygens (including phenoxy) is 1. The first kappa shape index (κ1) is 22.2. The Balaban J connectivity index is 2.62. The van der Waals surface area contributed by atoms with Crippen molar-refractivity contribution in [2.75, 3.05) is 39.5 Å². The van der Waals surface area contributed by atoms with Crippen molar-refractivity contribution < 1.29 is 13.2 Å². The van der Waals surface area contributed by atoms with Gasteiger partial charge in [0, 0.05) is 31.7 Å². The summed E-state index contributed by atoms with van der Waals surface area (Å²) in [5.74, 6) is 1.54. The standard InChI is InChI=1S/C18H32N4O3S/c1-6-19-18(20-11-8-12-22(7-2)26(5,23)24)21-14-16-10-9-15(3)13-17(16)25-4/h9-10,13H,6-8,11-12,14H2,1-5H3,(H2,19,20,21). The van der Waals surface area contributed by atoms with Crippen LogP contribution in [0.3, 0.4) is 0 Å². The zero-order chi connectivity index (χ0) is 19.6. The number of aliphatic imine (C=N–C) groups is 1. The molecule has 0 saturated carbocycles. The van der Waals surface area contributed by atoms with E-state index in [4.69, 9.17) is 4.74 Å². The van der Waals surface area contributed by atoms with E-state index in [-0.39, 0.29) is 0 Å². The molecule has 0 bridgehead atoms. The molecule has 8 heteroatoms. The number of nitrogens with one attached hydrogen (secondary N) is 2. The summed E-state index contributed by atoms with van der Waals surface area (Å²) in [6.45, 7) is 8.75. The number of nitrogens with zero attached hydrogens (tertiary/aromatic N) is 2. The van der Waals surface area contributed by atoms with Crippen molar-refractivity contribution in [2.24, 2.45) is 4.99 Å². The molecule has 0 atom stereocenters. The van der Waals surface area contributed by atoms with Crippen LogP contribution < -0.4 is 15.4 Å². The van der Waals surface area contributed by atoms with E-state index in [9.17, 15) is 8.42 Å². The first-order valence-electron chi connectivity index (χ1n) is 8.92. The third kappa shape index (κ3) is 7.61. The molecule has 0 aliphatic carbocycles. The molecule has 7 nitrogen and oxygen atoms in total. The van der Waals surface area contributed by atoms with Crippen LogP contribution in [0.2, 0.25) is 0 Å². The Kier molecular flexibility index (Phi) is 9.43. The number of guanidine groups is 1. The molecule has 0 amide bonds. The van der Waals surface area contributed by atoms with Crippen LogP contribution in [0.1, 0.15) is 31.4 Å². The van der Waals surface area contributed by atoms with E-state index in [1.54, 1.807) is 7.11 Å². The topological polar surface area (TPSA) is 83.0 Å². The lowest BCUT2D eigenvalue weighted by Crippen LogP contribution is -2.39. The lowest BCUT2D eigenvalue weighted by Gasteiger charge is -2.18. The van der Waals surface area contributed by atoms with E-state index in [1.807, 2.05) is 39.0 Å². The van der Waals surface area contributed by atoms with Crippen molar-refractivity contribution in [3.8, 4) is 5.75 Å². The van der Waals surface area contributed by atoms with Gasteiger partial charge in [-0.1, -0.05) is 19.1 Å². The normalized spacial score (nSPS) is 12.3. The fraction of sp³-hybridized carbons (Fsp3) is 0.611. The summed E-state index contributed by atoms with van der Waals surface area (Å²) in [5, 5.41) is 6.45. The lowest BCUT2D eigenvalue weighted by molar-refractivity contribution is 0.409. The fourth-order valence-electron chi connectivity index (χ4n) is 2.51. The van der Waals surface area contributed by atoms with E-state index in [1.165, 1.54) is 10.6 Å². The second-order valence-electron chi connectivity index (χ2n) is 6.05. The van der Waals surface area contributed by atoms with Gasteiger partial charge in [-0.3, -0.25) is 0 Å². The largest absolute Gasteiger partial charge is 0.496 e. The van der Waals surface area contributed by atoms with Gasteiger partial charge in [0.15, 0.2) is 5.96 Å². The Bertz CT molecular complexity index is 690. The minimum absolute atomic E-state index is 0.486. The maximum absolute atomic E-state index is 11.6. The highest BCUT2D eigenvalue weighted by molar-refractivity contribution is 7.88. The first-order chi connectivity index (χ1) is 12.3. The SMILES string of the molecule is CCNC(=NCc1ccc(C)cc1OC)NCCCN(CC)S(C)(=O)=O. The fourth-order valence-corrected chi connectivity index (χ4v) is 3.44. The maximum Gasteiger partial charge on any atom is 0.211 e. The smallest absolute Gasteiger partial charge is 0.211 e. The van der Waals surface area contributed by atoms with E-state index in [0.29, 0.717) is 38.6 Å². The van der Waals surface area contributed by atoms with Gasteiger partial charge in [-0.15, -0.1) is 0 Å². The molecule has 0 spiro atoms. The van der Waals surface area contributed by atoms with Gasteiger partial charge in [0.05, 0.1) is 19.9 Å². The number of hydrogen-bond acceptors (Lipinski definition) is 4. The predicted octanol–water partition coefficient (Wildman–Crippen LogP) is 1.73. The van der Waals surface area contributed by atoms with E-state index >= 15 is 0 Å². The molecular weight excluding hydrogens is 352 g/mol. The monoisotopic (exact) mass is 384 g/mol. The molecule has 148 valence electrons. The molecule has 0 aliphatic rings. The predicted molar refractivity (Wildman–Crippen MR) is 107 cm³/mol. The molecule has 2 N–H and O–H groups in total. The van der Waals surface area contributed by atoms with Crippen LogP contribution in [0.25, 0.3) is 0 Å². The van der Waals surface area contributed by atoms with Crippen molar-refractivity contribution in [3.05, 3.63) is 29.3 Å². The van der Waals surface area contributed by atoms with Crippen LogP contribution in [-0.4, -0.2) is 58.2 Å². The second kappa shape index (κ2) is 11.0. The van der Waals surface area contributed by atoms with Crippen LogP contribution in [0, 0.1) is 6.92 Å². The van der Waals surface area contributed by atoms with Gasteiger partial charge in [0.1, 0.15) is 5.75 Å². The highest BCUT2D eigenvalue weighted by atomic mass is 32.2. The number of benzene rings is 1. The third-order valence-electron chi connectivity index (χ3n) is 3.89. The van der Waals surface area contributed by atoms with Gasteiger partial charge in [-0.2, -0.15) is 0 Å². The number of rotatable bonds is 10. The molecule has 1 rings (SSSR count). The molecule has 0 aliphatic heterocycles. The van der Waals surface area contributed by atoms with E-state index < -0.39 is 10.0 Å². The summed E-state index contributed by atoms with van der Waals surface area (Å²) < 4.78 is 30.1. The summed E-state index contributed by atoms with van der Waals surface area (Å²) in [6, 6.07) is 6.06. The second-order valence-corrected chi connectivity index (χ2v) is 8.03. The van der Waals surface area contributed by atoms with Crippen LogP contribution >= 0.6 is 0 Å². The summed E-state index contributed by atoms with van der Waals surface area (Å²) in [4.78, 5) is 4.59. The molecule has 0 heterocycles. The van der Waals surface area contributed by atoms with Crippen molar-refractivity contribution in [1.29, 1.82) is 0 Å². The quantitative estimate of drug-likeness (QED) is 0.365. The van der Waals surface area contributed by atoms with Gasteiger partial charge < -0.3 is 15.4 Å². The molecule has 26 heavy (non-hydrogen) atoms. The molecule has 1 aromatic carbocycles. The van der Waals surface area contributed by atoms with Crippen LogP contribution in [0.4, 0.5) is 0 Å².